The lowest BCUT2D eigenvalue weighted by molar-refractivity contribution is -0.130. The van der Waals surface area contributed by atoms with Crippen LogP contribution in [-0.2, 0) is 9.63 Å². The highest BCUT2D eigenvalue weighted by Crippen LogP contribution is 2.71. The van der Waals surface area contributed by atoms with Gasteiger partial charge in [0.25, 0.3) is 0 Å². The summed E-state index contributed by atoms with van der Waals surface area (Å²) in [6, 6.07) is 16.2. The van der Waals surface area contributed by atoms with E-state index in [0.717, 1.165) is 24.2 Å². The lowest BCUT2D eigenvalue weighted by Gasteiger charge is -2.39. The molecule has 2 aromatic carbocycles. The zero-order valence-electron chi connectivity index (χ0n) is 18.4. The summed E-state index contributed by atoms with van der Waals surface area (Å²) in [6.07, 6.45) is 2.08. The number of oxime groups is 1. The van der Waals surface area contributed by atoms with Crippen molar-refractivity contribution in [3.05, 3.63) is 60.2 Å². The number of nitrogens with one attached hydrogen (secondary N) is 1. The van der Waals surface area contributed by atoms with Crippen LogP contribution < -0.4 is 10.1 Å². The highest BCUT2D eigenvalue weighted by atomic mass is 16.7. The summed E-state index contributed by atoms with van der Waals surface area (Å²) in [6.45, 7) is 6.37. The number of rotatable bonds is 5. The Morgan fingerprint density at radius 1 is 0.968 bits per heavy atom. The van der Waals surface area contributed by atoms with Crippen molar-refractivity contribution in [2.45, 2.75) is 40.0 Å². The zero-order chi connectivity index (χ0) is 22.3. The van der Waals surface area contributed by atoms with E-state index in [1.807, 2.05) is 30.3 Å². The molecule has 0 spiro atoms. The van der Waals surface area contributed by atoms with Crippen molar-refractivity contribution >= 4 is 23.3 Å². The third kappa shape index (κ3) is 3.21. The standard InChI is InChI=1S/C25H28N2O4/c1-23(2)24(3)14-15-25(23,22(29)26-18-8-6-5-7-9-18)16-20(24)27-31-21(28)17-10-12-19(30-4)13-11-17/h5-13H,14-16H2,1-4H3,(H,26,29). The van der Waals surface area contributed by atoms with Crippen LogP contribution in [0.2, 0.25) is 0 Å². The number of hydrogen-bond donors (Lipinski definition) is 1. The maximum absolute atomic E-state index is 13.4. The van der Waals surface area contributed by atoms with E-state index in [0.29, 0.717) is 17.7 Å². The fourth-order valence-electron chi connectivity index (χ4n) is 5.17. The van der Waals surface area contributed by atoms with Crippen LogP contribution in [0.25, 0.3) is 0 Å². The van der Waals surface area contributed by atoms with Crippen LogP contribution in [0, 0.1) is 16.2 Å². The van der Waals surface area contributed by atoms with E-state index in [1.165, 1.54) is 0 Å². The van der Waals surface area contributed by atoms with Gasteiger partial charge in [0.2, 0.25) is 5.91 Å². The average molecular weight is 421 g/mol. The topological polar surface area (TPSA) is 77.0 Å². The molecular formula is C25H28N2O4. The van der Waals surface area contributed by atoms with E-state index in [2.05, 4.69) is 31.2 Å². The maximum atomic E-state index is 13.4. The second-order valence-electron chi connectivity index (χ2n) is 9.18. The van der Waals surface area contributed by atoms with Gasteiger partial charge in [-0.1, -0.05) is 44.1 Å². The van der Waals surface area contributed by atoms with Gasteiger partial charge in [0.05, 0.1) is 23.8 Å². The van der Waals surface area contributed by atoms with Gasteiger partial charge >= 0.3 is 5.97 Å². The number of methoxy groups -OCH3 is 1. The van der Waals surface area contributed by atoms with Crippen molar-refractivity contribution in [1.82, 2.24) is 0 Å². The molecule has 2 aliphatic rings. The van der Waals surface area contributed by atoms with Gasteiger partial charge in [-0.2, -0.15) is 0 Å². The number of carbonyl (C=O) groups excluding carboxylic acids is 2. The number of amides is 1. The predicted molar refractivity (Wildman–Crippen MR) is 119 cm³/mol. The van der Waals surface area contributed by atoms with Crippen molar-refractivity contribution in [2.24, 2.45) is 21.4 Å². The molecule has 2 aromatic rings. The summed E-state index contributed by atoms with van der Waals surface area (Å²) < 4.78 is 5.12. The molecule has 0 saturated heterocycles. The third-order valence-corrected chi connectivity index (χ3v) is 7.76. The average Bonchev–Trinajstić information content (AvgIpc) is 3.09. The Morgan fingerprint density at radius 2 is 1.65 bits per heavy atom. The molecular weight excluding hydrogens is 392 g/mol. The number of fused-ring (bicyclic) bond motifs is 2. The van der Waals surface area contributed by atoms with E-state index >= 15 is 0 Å². The molecule has 0 aromatic heterocycles. The molecule has 0 aliphatic heterocycles. The normalized spacial score (nSPS) is 27.2. The molecule has 2 fully saturated rings. The second kappa shape index (κ2) is 7.52. The van der Waals surface area contributed by atoms with Gasteiger partial charge in [-0.15, -0.1) is 0 Å². The third-order valence-electron chi connectivity index (χ3n) is 7.76. The molecule has 162 valence electrons. The Hall–Kier alpha value is -3.15. The quantitative estimate of drug-likeness (QED) is 0.542. The van der Waals surface area contributed by atoms with Crippen molar-refractivity contribution in [3.8, 4) is 5.75 Å². The Bertz CT molecular complexity index is 1030. The molecule has 2 atom stereocenters. The van der Waals surface area contributed by atoms with E-state index in [-0.39, 0.29) is 16.7 Å². The molecule has 1 amide bonds. The minimum absolute atomic E-state index is 0.000828. The number of nitrogens with zero attached hydrogens (tertiary/aromatic N) is 1. The first-order valence-corrected chi connectivity index (χ1v) is 10.5. The fourth-order valence-corrected chi connectivity index (χ4v) is 5.17. The fraction of sp³-hybridized carbons (Fsp3) is 0.400. The van der Waals surface area contributed by atoms with Gasteiger partial charge in [0, 0.05) is 17.5 Å². The summed E-state index contributed by atoms with van der Waals surface area (Å²) in [5, 5.41) is 7.37. The molecule has 2 bridgehead atoms. The number of ether oxygens (including phenoxy) is 1. The molecule has 2 aliphatic carbocycles. The van der Waals surface area contributed by atoms with Crippen molar-refractivity contribution in [3.63, 3.8) is 0 Å². The Morgan fingerprint density at radius 3 is 2.29 bits per heavy atom. The van der Waals surface area contributed by atoms with E-state index < -0.39 is 11.4 Å². The molecule has 2 saturated carbocycles. The second-order valence-corrected chi connectivity index (χ2v) is 9.18. The predicted octanol–water partition coefficient (Wildman–Crippen LogP) is 5.06. The summed E-state index contributed by atoms with van der Waals surface area (Å²) in [7, 11) is 1.57. The van der Waals surface area contributed by atoms with Crippen molar-refractivity contribution in [2.75, 3.05) is 12.4 Å². The maximum Gasteiger partial charge on any atom is 0.365 e. The van der Waals surface area contributed by atoms with Gasteiger partial charge in [-0.3, -0.25) is 4.79 Å². The van der Waals surface area contributed by atoms with Gasteiger partial charge in [-0.05, 0) is 54.7 Å². The molecule has 31 heavy (non-hydrogen) atoms. The monoisotopic (exact) mass is 420 g/mol. The van der Waals surface area contributed by atoms with Crippen molar-refractivity contribution in [1.29, 1.82) is 0 Å². The highest BCUT2D eigenvalue weighted by Gasteiger charge is 2.71. The number of benzene rings is 2. The first-order valence-electron chi connectivity index (χ1n) is 10.5. The lowest BCUT2D eigenvalue weighted by Crippen LogP contribution is -2.43. The summed E-state index contributed by atoms with van der Waals surface area (Å²) in [5.74, 6) is 0.137. The minimum atomic E-state index is -0.594. The number of para-hydroxylation sites is 1. The van der Waals surface area contributed by atoms with Gasteiger partial charge < -0.3 is 14.9 Å². The Balaban J connectivity index is 1.56. The number of carbonyl (C=O) groups is 2. The molecule has 2 unspecified atom stereocenters. The van der Waals surface area contributed by atoms with Crippen LogP contribution in [0.5, 0.6) is 5.75 Å². The highest BCUT2D eigenvalue weighted by molar-refractivity contribution is 6.06. The minimum Gasteiger partial charge on any atom is -0.497 e. The molecule has 4 rings (SSSR count). The van der Waals surface area contributed by atoms with E-state index in [4.69, 9.17) is 9.57 Å². The van der Waals surface area contributed by atoms with Crippen LogP contribution in [0.4, 0.5) is 5.69 Å². The van der Waals surface area contributed by atoms with Crippen LogP contribution in [-0.4, -0.2) is 24.7 Å². The molecule has 6 nitrogen and oxygen atoms in total. The summed E-state index contributed by atoms with van der Waals surface area (Å²) >= 11 is 0. The molecule has 0 heterocycles. The molecule has 6 heteroatoms. The van der Waals surface area contributed by atoms with E-state index in [1.54, 1.807) is 31.4 Å². The first kappa shape index (κ1) is 21.1. The van der Waals surface area contributed by atoms with Crippen LogP contribution in [0.1, 0.15) is 50.4 Å². The van der Waals surface area contributed by atoms with Gasteiger partial charge in [0.1, 0.15) is 5.75 Å². The molecule has 0 radical (unpaired) electrons. The summed E-state index contributed by atoms with van der Waals surface area (Å²) in [5.41, 5.74) is 0.708. The van der Waals surface area contributed by atoms with Crippen molar-refractivity contribution < 1.29 is 19.2 Å². The van der Waals surface area contributed by atoms with Crippen LogP contribution in [0.3, 0.4) is 0 Å². The zero-order valence-corrected chi connectivity index (χ0v) is 18.4. The smallest absolute Gasteiger partial charge is 0.365 e. The molecule has 1 N–H and O–H groups in total. The largest absolute Gasteiger partial charge is 0.497 e. The Kier molecular flexibility index (Phi) is 5.12. The van der Waals surface area contributed by atoms with Crippen LogP contribution >= 0.6 is 0 Å². The van der Waals surface area contributed by atoms with Gasteiger partial charge in [-0.25, -0.2) is 4.79 Å². The lowest BCUT2D eigenvalue weighted by atomic mass is 9.64. The summed E-state index contributed by atoms with van der Waals surface area (Å²) in [4.78, 5) is 31.2. The SMILES string of the molecule is COc1ccc(C(=O)ON=C2CC3(C(=O)Nc4ccccc4)CCC2(C)C3(C)C)cc1. The number of anilines is 1. The van der Waals surface area contributed by atoms with E-state index in [9.17, 15) is 9.59 Å². The van der Waals surface area contributed by atoms with Gasteiger partial charge in [0.15, 0.2) is 0 Å². The first-order chi connectivity index (χ1) is 14.7. The Labute approximate surface area is 182 Å². The number of hydrogen-bond acceptors (Lipinski definition) is 5. The van der Waals surface area contributed by atoms with Crippen LogP contribution in [0.15, 0.2) is 59.8 Å².